The molecule has 0 saturated heterocycles. The van der Waals surface area contributed by atoms with E-state index in [0.717, 1.165) is 0 Å². The molecule has 0 aliphatic carbocycles. The molecule has 9 heteroatoms. The van der Waals surface area contributed by atoms with Crippen LogP contribution in [0.2, 0.25) is 0 Å². The molecular weight excluding hydrogens is 294 g/mol. The number of nitrogens with zero attached hydrogens (tertiary/aromatic N) is 1. The molecule has 0 fully saturated rings. The van der Waals surface area contributed by atoms with Crippen LogP contribution in [0.4, 0.5) is 16.2 Å². The molecule has 0 bridgehead atoms. The lowest BCUT2D eigenvalue weighted by Gasteiger charge is -2.17. The normalized spacial score (nSPS) is 11.6. The smallest absolute Gasteiger partial charge is 0.319 e. The number of nitro benzene ring substituents is 1. The number of carbonyl (C=O) groups is 1. The Kier molecular flexibility index (Phi) is 7.06. The summed E-state index contributed by atoms with van der Waals surface area (Å²) in [5, 5.41) is 25.0. The third-order valence-corrected chi connectivity index (χ3v) is 2.87. The van der Waals surface area contributed by atoms with Gasteiger partial charge in [-0.2, -0.15) is 0 Å². The first-order chi connectivity index (χ1) is 10.5. The number of hydrogen-bond donors (Lipinski definition) is 3. The number of hydrogen-bond acceptors (Lipinski definition) is 6. The number of non-ortho nitro benzene ring substituents is 1. The molecule has 1 aromatic carbocycles. The molecule has 1 atom stereocenters. The molecule has 0 aliphatic rings. The van der Waals surface area contributed by atoms with Crippen molar-refractivity contribution >= 4 is 17.4 Å². The van der Waals surface area contributed by atoms with E-state index in [1.54, 1.807) is 0 Å². The van der Waals surface area contributed by atoms with Crippen molar-refractivity contribution in [3.8, 4) is 5.75 Å². The maximum atomic E-state index is 11.9. The predicted molar refractivity (Wildman–Crippen MR) is 79.2 cm³/mol. The van der Waals surface area contributed by atoms with Gasteiger partial charge in [-0.15, -0.1) is 0 Å². The fourth-order valence-corrected chi connectivity index (χ4v) is 1.72. The molecule has 0 heterocycles. The van der Waals surface area contributed by atoms with E-state index in [-0.39, 0.29) is 23.7 Å². The van der Waals surface area contributed by atoms with Gasteiger partial charge in [0, 0.05) is 25.8 Å². The number of anilines is 1. The van der Waals surface area contributed by atoms with Crippen LogP contribution in [-0.4, -0.2) is 49.5 Å². The summed E-state index contributed by atoms with van der Waals surface area (Å²) in [6.45, 7) is 0.133. The summed E-state index contributed by atoms with van der Waals surface area (Å²) in [5.74, 6) is 0.290. The minimum absolute atomic E-state index is 0.164. The Bertz CT molecular complexity index is 522. The molecule has 0 spiro atoms. The number of aliphatic hydroxyl groups is 1. The largest absolute Gasteiger partial charge is 0.495 e. The summed E-state index contributed by atoms with van der Waals surface area (Å²) in [7, 11) is 2.90. The molecule has 122 valence electrons. The van der Waals surface area contributed by atoms with Gasteiger partial charge in [0.05, 0.1) is 30.4 Å². The van der Waals surface area contributed by atoms with Crippen molar-refractivity contribution in [3.63, 3.8) is 0 Å². The van der Waals surface area contributed by atoms with Gasteiger partial charge in [0.25, 0.3) is 5.69 Å². The Hall–Kier alpha value is -2.39. The second-order valence-corrected chi connectivity index (χ2v) is 4.40. The van der Waals surface area contributed by atoms with E-state index in [0.29, 0.717) is 13.0 Å². The molecule has 0 unspecified atom stereocenters. The second-order valence-electron chi connectivity index (χ2n) is 4.40. The minimum Gasteiger partial charge on any atom is -0.495 e. The SMILES string of the molecule is COCC[C@@H](CO)NC(=O)Nc1cc([N+](=O)[O-])ccc1OC. The standard InChI is InChI=1S/C13H19N3O6/c1-21-6-5-9(8-17)14-13(18)15-11-7-10(16(19)20)3-4-12(11)22-2/h3-4,7,9,17H,5-6,8H2,1-2H3,(H2,14,15,18)/t9-/m0/s1. The van der Waals surface area contributed by atoms with Crippen molar-refractivity contribution in [3.05, 3.63) is 28.3 Å². The van der Waals surface area contributed by atoms with Gasteiger partial charge in [-0.3, -0.25) is 10.1 Å². The van der Waals surface area contributed by atoms with Crippen molar-refractivity contribution in [1.29, 1.82) is 0 Å². The Morgan fingerprint density at radius 3 is 2.73 bits per heavy atom. The highest BCUT2D eigenvalue weighted by atomic mass is 16.6. The molecular formula is C13H19N3O6. The number of aliphatic hydroxyl groups excluding tert-OH is 1. The van der Waals surface area contributed by atoms with E-state index >= 15 is 0 Å². The minimum atomic E-state index is -0.603. The number of ether oxygens (including phenoxy) is 2. The average Bonchev–Trinajstić information content (AvgIpc) is 2.51. The summed E-state index contributed by atoms with van der Waals surface area (Å²) < 4.78 is 9.92. The average molecular weight is 313 g/mol. The summed E-state index contributed by atoms with van der Waals surface area (Å²) in [4.78, 5) is 22.1. The van der Waals surface area contributed by atoms with Gasteiger partial charge < -0.3 is 25.2 Å². The van der Waals surface area contributed by atoms with Gasteiger partial charge in [-0.25, -0.2) is 4.79 Å². The monoisotopic (exact) mass is 313 g/mol. The predicted octanol–water partition coefficient (Wildman–Crippen LogP) is 1.12. The maximum Gasteiger partial charge on any atom is 0.319 e. The van der Waals surface area contributed by atoms with Crippen molar-refractivity contribution in [2.24, 2.45) is 0 Å². The van der Waals surface area contributed by atoms with Crippen molar-refractivity contribution < 1.29 is 24.3 Å². The molecule has 0 radical (unpaired) electrons. The zero-order valence-corrected chi connectivity index (χ0v) is 12.4. The highest BCUT2D eigenvalue weighted by Crippen LogP contribution is 2.28. The molecule has 2 amide bonds. The third-order valence-electron chi connectivity index (χ3n) is 2.87. The van der Waals surface area contributed by atoms with Gasteiger partial charge in [0.15, 0.2) is 0 Å². The van der Waals surface area contributed by atoms with Crippen LogP contribution in [0.15, 0.2) is 18.2 Å². The molecule has 3 N–H and O–H groups in total. The molecule has 0 aliphatic heterocycles. The number of nitro groups is 1. The second kappa shape index (κ2) is 8.80. The van der Waals surface area contributed by atoms with Crippen LogP contribution in [0.25, 0.3) is 0 Å². The van der Waals surface area contributed by atoms with E-state index in [9.17, 15) is 20.0 Å². The van der Waals surface area contributed by atoms with Gasteiger partial charge in [0.2, 0.25) is 0 Å². The number of carbonyl (C=O) groups excluding carboxylic acids is 1. The zero-order valence-electron chi connectivity index (χ0n) is 12.4. The maximum absolute atomic E-state index is 11.9. The van der Waals surface area contributed by atoms with E-state index in [1.165, 1.54) is 32.4 Å². The number of rotatable bonds is 8. The lowest BCUT2D eigenvalue weighted by atomic mass is 10.2. The van der Waals surface area contributed by atoms with Crippen molar-refractivity contribution in [2.75, 3.05) is 32.8 Å². The van der Waals surface area contributed by atoms with Gasteiger partial charge >= 0.3 is 6.03 Å². The molecule has 1 rings (SSSR count). The molecule has 0 saturated carbocycles. The number of amides is 2. The van der Waals surface area contributed by atoms with Gasteiger partial charge in [-0.05, 0) is 12.5 Å². The number of nitrogens with one attached hydrogen (secondary N) is 2. The van der Waals surface area contributed by atoms with Crippen LogP contribution in [-0.2, 0) is 4.74 Å². The summed E-state index contributed by atoms with van der Waals surface area (Å²) in [6.07, 6.45) is 0.437. The van der Waals surface area contributed by atoms with Gasteiger partial charge in [-0.1, -0.05) is 0 Å². The summed E-state index contributed by atoms with van der Waals surface area (Å²) >= 11 is 0. The fourth-order valence-electron chi connectivity index (χ4n) is 1.72. The fraction of sp³-hybridized carbons (Fsp3) is 0.462. The Morgan fingerprint density at radius 2 is 2.18 bits per heavy atom. The van der Waals surface area contributed by atoms with Crippen LogP contribution < -0.4 is 15.4 Å². The van der Waals surface area contributed by atoms with Crippen LogP contribution in [0.3, 0.4) is 0 Å². The summed E-state index contributed by atoms with van der Waals surface area (Å²) in [5.41, 5.74) is -0.00757. The van der Waals surface area contributed by atoms with Gasteiger partial charge in [0.1, 0.15) is 5.75 Å². The van der Waals surface area contributed by atoms with Crippen LogP contribution in [0.1, 0.15) is 6.42 Å². The van der Waals surface area contributed by atoms with Crippen molar-refractivity contribution in [1.82, 2.24) is 5.32 Å². The number of benzene rings is 1. The molecule has 0 aromatic heterocycles. The van der Waals surface area contributed by atoms with E-state index in [2.05, 4.69) is 10.6 Å². The first kappa shape index (κ1) is 17.7. The third kappa shape index (κ3) is 5.19. The lowest BCUT2D eigenvalue weighted by molar-refractivity contribution is -0.384. The summed E-state index contributed by atoms with van der Waals surface area (Å²) in [6, 6.07) is 2.78. The Balaban J connectivity index is 2.77. The quantitative estimate of drug-likeness (QED) is 0.488. The molecule has 22 heavy (non-hydrogen) atoms. The first-order valence-electron chi connectivity index (χ1n) is 6.51. The van der Waals surface area contributed by atoms with Crippen LogP contribution in [0, 0.1) is 10.1 Å². The Labute approximate surface area is 127 Å². The first-order valence-corrected chi connectivity index (χ1v) is 6.51. The van der Waals surface area contributed by atoms with E-state index in [1.807, 2.05) is 0 Å². The molecule has 9 nitrogen and oxygen atoms in total. The van der Waals surface area contributed by atoms with E-state index in [4.69, 9.17) is 9.47 Å². The van der Waals surface area contributed by atoms with Crippen LogP contribution in [0.5, 0.6) is 5.75 Å². The highest BCUT2D eigenvalue weighted by molar-refractivity contribution is 5.91. The zero-order chi connectivity index (χ0) is 16.5. The number of methoxy groups -OCH3 is 2. The number of urea groups is 1. The van der Waals surface area contributed by atoms with E-state index < -0.39 is 17.0 Å². The van der Waals surface area contributed by atoms with Crippen molar-refractivity contribution in [2.45, 2.75) is 12.5 Å². The highest BCUT2D eigenvalue weighted by Gasteiger charge is 2.16. The van der Waals surface area contributed by atoms with Crippen LogP contribution >= 0.6 is 0 Å². The molecule has 1 aromatic rings. The lowest BCUT2D eigenvalue weighted by Crippen LogP contribution is -2.40. The topological polar surface area (TPSA) is 123 Å². The Morgan fingerprint density at radius 1 is 1.45 bits per heavy atom.